The number of anilines is 2. The number of nitrogens with zero attached hydrogens (tertiary/aromatic N) is 1. The topological polar surface area (TPSA) is 109 Å². The largest absolute Gasteiger partial charge is 0.489 e. The Morgan fingerprint density at radius 3 is 2.19 bits per heavy atom. The van der Waals surface area contributed by atoms with E-state index in [-0.39, 0.29) is 11.6 Å². The summed E-state index contributed by atoms with van der Waals surface area (Å²) in [6, 6.07) is 43.1. The van der Waals surface area contributed by atoms with Gasteiger partial charge in [-0.2, -0.15) is 0 Å². The smallest absolute Gasteiger partial charge is 0.272 e. The van der Waals surface area contributed by atoms with Crippen molar-refractivity contribution in [1.29, 1.82) is 0 Å². The van der Waals surface area contributed by atoms with E-state index < -0.39 is 17.1 Å². The van der Waals surface area contributed by atoms with E-state index >= 15 is 0 Å². The third kappa shape index (κ3) is 10.3. The zero-order valence-electron chi connectivity index (χ0n) is 29.2. The molecule has 266 valence electrons. The highest BCUT2D eigenvalue weighted by atomic mass is 32.2. The molecule has 3 N–H and O–H groups in total. The normalized spacial score (nSPS) is 11.7. The number of carbonyl (C=O) groups excluding carboxylic acids is 3. The van der Waals surface area contributed by atoms with Crippen LogP contribution in [0.5, 0.6) is 5.75 Å². The van der Waals surface area contributed by atoms with E-state index in [1.807, 2.05) is 123 Å². The van der Waals surface area contributed by atoms with Crippen LogP contribution in [0.2, 0.25) is 0 Å². The average molecular weight is 739 g/mol. The van der Waals surface area contributed by atoms with Crippen molar-refractivity contribution in [2.24, 2.45) is 0 Å². The Hall–Kier alpha value is -5.97. The molecule has 1 aromatic heterocycles. The van der Waals surface area contributed by atoms with Crippen molar-refractivity contribution in [2.75, 3.05) is 10.6 Å². The second kappa shape index (κ2) is 18.0. The Labute approximate surface area is 317 Å². The highest BCUT2D eigenvalue weighted by Gasteiger charge is 2.21. The minimum absolute atomic E-state index is 0.0642. The second-order valence-electron chi connectivity index (χ2n) is 12.0. The fourth-order valence-corrected chi connectivity index (χ4v) is 7.19. The van der Waals surface area contributed by atoms with Gasteiger partial charge in [0, 0.05) is 26.6 Å². The molecule has 0 spiro atoms. The van der Waals surface area contributed by atoms with Crippen molar-refractivity contribution in [1.82, 2.24) is 10.3 Å². The number of ether oxygens (including phenoxy) is 1. The van der Waals surface area contributed by atoms with Gasteiger partial charge in [0.2, 0.25) is 5.91 Å². The molecule has 53 heavy (non-hydrogen) atoms. The van der Waals surface area contributed by atoms with Gasteiger partial charge in [-0.25, -0.2) is 4.98 Å². The summed E-state index contributed by atoms with van der Waals surface area (Å²) in [7, 11) is 0. The zero-order valence-corrected chi connectivity index (χ0v) is 30.9. The minimum atomic E-state index is -0.501. The molecule has 5 aromatic carbocycles. The van der Waals surface area contributed by atoms with Gasteiger partial charge < -0.3 is 20.7 Å². The highest BCUT2D eigenvalue weighted by Crippen LogP contribution is 2.32. The van der Waals surface area contributed by atoms with E-state index in [0.29, 0.717) is 40.7 Å². The number of hydrogen-bond donors (Lipinski definition) is 3. The van der Waals surface area contributed by atoms with Crippen LogP contribution in [0, 0.1) is 6.92 Å². The summed E-state index contributed by atoms with van der Waals surface area (Å²) in [6.45, 7) is 4.38. The maximum absolute atomic E-state index is 13.7. The molecule has 0 radical (unpaired) electrons. The van der Waals surface area contributed by atoms with E-state index in [0.717, 1.165) is 26.6 Å². The Balaban J connectivity index is 1.14. The molecule has 0 saturated heterocycles. The van der Waals surface area contributed by atoms with Gasteiger partial charge in [0.05, 0.1) is 10.9 Å². The third-order valence-electron chi connectivity index (χ3n) is 8.08. The van der Waals surface area contributed by atoms with Crippen LogP contribution in [0.25, 0.3) is 17.3 Å². The average Bonchev–Trinajstić information content (AvgIpc) is 3.56. The number of aryl methyl sites for hydroxylation is 1. The first-order chi connectivity index (χ1) is 25.8. The van der Waals surface area contributed by atoms with Gasteiger partial charge in [0.15, 0.2) is 5.13 Å². The number of thiazole rings is 1. The van der Waals surface area contributed by atoms with Crippen molar-refractivity contribution in [2.45, 2.75) is 37.0 Å². The quantitative estimate of drug-likeness (QED) is 0.0759. The maximum atomic E-state index is 13.7. The molecule has 8 nitrogen and oxygen atoms in total. The predicted molar refractivity (Wildman–Crippen MR) is 215 cm³/mol. The molecule has 0 saturated carbocycles. The standard InChI is InChI=1S/C43H38N4O4S2/c1-3-38(42(50)47-43-46-39(29(2)52-43)32-16-9-5-10-17-32)53-36-21-13-20-34(27-36)44-41(49)37(45-40(48)33-18-11-6-12-19-33)26-30-22-24-35(25-23-30)51-28-31-14-7-4-8-15-31/h4-27,38H,3,28H2,1-2H3,(H,44,49)(H,45,48)(H,46,47,50)/b37-26-. The van der Waals surface area contributed by atoms with Gasteiger partial charge in [-0.3, -0.25) is 14.4 Å². The summed E-state index contributed by atoms with van der Waals surface area (Å²) < 4.78 is 5.91. The van der Waals surface area contributed by atoms with Crippen LogP contribution >= 0.6 is 23.1 Å². The van der Waals surface area contributed by atoms with Crippen LogP contribution in [0.1, 0.15) is 39.7 Å². The molecule has 1 unspecified atom stereocenters. The van der Waals surface area contributed by atoms with Gasteiger partial charge in [0.25, 0.3) is 11.8 Å². The summed E-state index contributed by atoms with van der Waals surface area (Å²) >= 11 is 2.85. The third-order valence-corrected chi connectivity index (χ3v) is 10.3. The van der Waals surface area contributed by atoms with Crippen molar-refractivity contribution in [3.63, 3.8) is 0 Å². The van der Waals surface area contributed by atoms with Gasteiger partial charge in [-0.1, -0.05) is 104 Å². The van der Waals surface area contributed by atoms with E-state index in [2.05, 4.69) is 20.9 Å². The first kappa shape index (κ1) is 36.8. The lowest BCUT2D eigenvalue weighted by molar-refractivity contribution is -0.116. The molecule has 0 fully saturated rings. The molecule has 1 atom stereocenters. The van der Waals surface area contributed by atoms with Gasteiger partial charge in [0.1, 0.15) is 18.1 Å². The molecule has 1 heterocycles. The molecule has 0 aliphatic heterocycles. The lowest BCUT2D eigenvalue weighted by Crippen LogP contribution is -2.30. The number of benzene rings is 5. The van der Waals surface area contributed by atoms with E-state index in [4.69, 9.17) is 4.74 Å². The van der Waals surface area contributed by atoms with Crippen molar-refractivity contribution in [3.8, 4) is 17.0 Å². The van der Waals surface area contributed by atoms with Gasteiger partial charge >= 0.3 is 0 Å². The van der Waals surface area contributed by atoms with Crippen LogP contribution in [0.4, 0.5) is 10.8 Å². The summed E-state index contributed by atoms with van der Waals surface area (Å²) in [6.07, 6.45) is 2.20. The molecular weight excluding hydrogens is 701 g/mol. The number of nitrogens with one attached hydrogen (secondary N) is 3. The Morgan fingerprint density at radius 1 is 0.811 bits per heavy atom. The highest BCUT2D eigenvalue weighted by molar-refractivity contribution is 8.00. The van der Waals surface area contributed by atoms with Crippen LogP contribution in [0.15, 0.2) is 150 Å². The SMILES string of the molecule is CCC(Sc1cccc(NC(=O)/C(=C/c2ccc(OCc3ccccc3)cc2)NC(=O)c2ccccc2)c1)C(=O)Nc1nc(-c2ccccc2)c(C)s1. The molecular formula is C43H38N4O4S2. The van der Waals surface area contributed by atoms with Crippen molar-refractivity contribution in [3.05, 3.63) is 167 Å². The first-order valence-electron chi connectivity index (χ1n) is 17.1. The number of carbonyl (C=O) groups is 3. The minimum Gasteiger partial charge on any atom is -0.489 e. The first-order valence-corrected chi connectivity index (χ1v) is 18.8. The summed E-state index contributed by atoms with van der Waals surface area (Å²) in [5.41, 5.74) is 4.61. The van der Waals surface area contributed by atoms with Gasteiger partial charge in [-0.05, 0) is 73.0 Å². The molecule has 10 heteroatoms. The van der Waals surface area contributed by atoms with E-state index in [1.54, 1.807) is 36.4 Å². The lowest BCUT2D eigenvalue weighted by atomic mass is 10.1. The summed E-state index contributed by atoms with van der Waals surface area (Å²) in [5.74, 6) is -0.385. The second-order valence-corrected chi connectivity index (χ2v) is 14.5. The Kier molecular flexibility index (Phi) is 12.5. The Bertz CT molecular complexity index is 2190. The zero-order chi connectivity index (χ0) is 37.0. The number of thioether (sulfide) groups is 1. The lowest BCUT2D eigenvalue weighted by Gasteiger charge is -2.15. The number of hydrogen-bond acceptors (Lipinski definition) is 7. The molecule has 0 bridgehead atoms. The number of amides is 3. The van der Waals surface area contributed by atoms with Crippen LogP contribution in [-0.2, 0) is 16.2 Å². The predicted octanol–water partition coefficient (Wildman–Crippen LogP) is 9.62. The summed E-state index contributed by atoms with van der Waals surface area (Å²) in [5, 5.41) is 8.87. The molecule has 0 aliphatic rings. The fraction of sp³-hybridized carbons (Fsp3) is 0.116. The van der Waals surface area contributed by atoms with Crippen LogP contribution < -0.4 is 20.7 Å². The van der Waals surface area contributed by atoms with Crippen LogP contribution in [0.3, 0.4) is 0 Å². The van der Waals surface area contributed by atoms with Crippen LogP contribution in [-0.4, -0.2) is 28.0 Å². The maximum Gasteiger partial charge on any atom is 0.272 e. The van der Waals surface area contributed by atoms with Crippen molar-refractivity contribution >= 4 is 57.7 Å². The number of rotatable bonds is 14. The van der Waals surface area contributed by atoms with E-state index in [9.17, 15) is 14.4 Å². The molecule has 0 aliphatic carbocycles. The van der Waals surface area contributed by atoms with Gasteiger partial charge in [-0.15, -0.1) is 23.1 Å². The van der Waals surface area contributed by atoms with Crippen molar-refractivity contribution < 1.29 is 19.1 Å². The Morgan fingerprint density at radius 2 is 1.49 bits per heavy atom. The summed E-state index contributed by atoms with van der Waals surface area (Å²) in [4.78, 5) is 46.8. The monoisotopic (exact) mass is 738 g/mol. The molecule has 6 aromatic rings. The fourth-order valence-electron chi connectivity index (χ4n) is 5.34. The number of aromatic nitrogens is 1. The molecule has 3 amide bonds. The van der Waals surface area contributed by atoms with E-state index in [1.165, 1.54) is 23.1 Å². The molecule has 6 rings (SSSR count).